The molecule has 1 N–H and O–H groups in total. The van der Waals surface area contributed by atoms with Crippen molar-refractivity contribution in [1.82, 2.24) is 19.6 Å². The Morgan fingerprint density at radius 2 is 1.87 bits per heavy atom. The number of hydrogen-bond donors (Lipinski definition) is 1. The van der Waals surface area contributed by atoms with Crippen LogP contribution in [-0.2, 0) is 0 Å². The van der Waals surface area contributed by atoms with E-state index in [2.05, 4.69) is 30.9 Å². The van der Waals surface area contributed by atoms with Gasteiger partial charge in [-0.15, -0.1) is 0 Å². The molecule has 118 valence electrons. The predicted octanol–water partition coefficient (Wildman–Crippen LogP) is 1.05. The lowest BCUT2D eigenvalue weighted by molar-refractivity contribution is 0.632. The summed E-state index contributed by atoms with van der Waals surface area (Å²) >= 11 is 0. The Bertz CT molecular complexity index is 891. The summed E-state index contributed by atoms with van der Waals surface area (Å²) in [5.74, 6) is 1.95. The molecule has 3 aromatic heterocycles. The Morgan fingerprint density at radius 1 is 1.09 bits per heavy atom. The zero-order valence-electron chi connectivity index (χ0n) is 12.9. The molecule has 1 aliphatic rings. The van der Waals surface area contributed by atoms with Gasteiger partial charge in [0.2, 0.25) is 5.56 Å². The van der Waals surface area contributed by atoms with Crippen molar-refractivity contribution in [3.63, 3.8) is 0 Å². The number of pyridine rings is 1. The number of aryl methyl sites for hydroxylation is 1. The first-order chi connectivity index (χ1) is 11.2. The highest BCUT2D eigenvalue weighted by Crippen LogP contribution is 2.20. The average Bonchev–Trinajstić information content (AvgIpc) is 3.02. The third kappa shape index (κ3) is 2.54. The molecule has 1 aliphatic heterocycles. The van der Waals surface area contributed by atoms with Crippen LogP contribution >= 0.6 is 0 Å². The number of hydrogen-bond acceptors (Lipinski definition) is 5. The van der Waals surface area contributed by atoms with Gasteiger partial charge in [0.05, 0.1) is 6.20 Å². The van der Waals surface area contributed by atoms with Crippen molar-refractivity contribution in [3.8, 4) is 0 Å². The van der Waals surface area contributed by atoms with E-state index in [0.717, 1.165) is 49.2 Å². The topological polar surface area (TPSA) is 69.5 Å². The Kier molecular flexibility index (Phi) is 3.25. The number of piperazine rings is 1. The summed E-state index contributed by atoms with van der Waals surface area (Å²) in [6.07, 6.45) is 1.77. The normalized spacial score (nSPS) is 15.3. The second-order valence-corrected chi connectivity index (χ2v) is 5.73. The number of aromatic nitrogens is 4. The highest BCUT2D eigenvalue weighted by molar-refractivity contribution is 5.52. The molecule has 1 fully saturated rings. The first-order valence-corrected chi connectivity index (χ1v) is 7.71. The van der Waals surface area contributed by atoms with Gasteiger partial charge in [0.1, 0.15) is 11.6 Å². The fourth-order valence-corrected chi connectivity index (χ4v) is 3.04. The lowest BCUT2D eigenvalue weighted by Gasteiger charge is -2.36. The minimum absolute atomic E-state index is 0.0621. The molecule has 3 aromatic rings. The number of H-pyrrole nitrogens is 1. The summed E-state index contributed by atoms with van der Waals surface area (Å²) in [5.41, 5.74) is 1.80. The van der Waals surface area contributed by atoms with Gasteiger partial charge >= 0.3 is 0 Å². The summed E-state index contributed by atoms with van der Waals surface area (Å²) in [7, 11) is 0. The number of nitrogens with zero attached hydrogens (tertiary/aromatic N) is 5. The maximum atomic E-state index is 11.5. The van der Waals surface area contributed by atoms with Crippen LogP contribution in [0, 0.1) is 6.92 Å². The van der Waals surface area contributed by atoms with Crippen molar-refractivity contribution in [3.05, 3.63) is 52.6 Å². The molecule has 0 aromatic carbocycles. The van der Waals surface area contributed by atoms with Crippen LogP contribution in [0.1, 0.15) is 5.69 Å². The highest BCUT2D eigenvalue weighted by atomic mass is 16.1. The summed E-state index contributed by atoms with van der Waals surface area (Å²) in [6, 6.07) is 9.26. The minimum atomic E-state index is -0.0621. The van der Waals surface area contributed by atoms with Crippen molar-refractivity contribution < 1.29 is 0 Å². The predicted molar refractivity (Wildman–Crippen MR) is 89.2 cm³/mol. The quantitative estimate of drug-likeness (QED) is 0.766. The van der Waals surface area contributed by atoms with E-state index in [4.69, 9.17) is 0 Å². The van der Waals surface area contributed by atoms with Crippen LogP contribution in [-0.4, -0.2) is 45.8 Å². The van der Waals surface area contributed by atoms with E-state index in [1.165, 1.54) is 6.07 Å². The Labute approximate surface area is 133 Å². The SMILES string of the molecule is Cc1cc(N2CCN(c3cccc(=O)[nH]3)CC2)n2nccc2n1. The maximum Gasteiger partial charge on any atom is 0.249 e. The summed E-state index contributed by atoms with van der Waals surface area (Å²) < 4.78 is 1.88. The number of nitrogens with one attached hydrogen (secondary N) is 1. The largest absolute Gasteiger partial charge is 0.355 e. The molecule has 7 heteroatoms. The van der Waals surface area contributed by atoms with Crippen LogP contribution in [0.5, 0.6) is 0 Å². The second-order valence-electron chi connectivity index (χ2n) is 5.73. The van der Waals surface area contributed by atoms with Crippen LogP contribution < -0.4 is 15.4 Å². The molecule has 7 nitrogen and oxygen atoms in total. The van der Waals surface area contributed by atoms with Crippen LogP contribution in [0.25, 0.3) is 5.65 Å². The van der Waals surface area contributed by atoms with E-state index in [1.807, 2.05) is 23.6 Å². The number of anilines is 2. The van der Waals surface area contributed by atoms with Crippen molar-refractivity contribution in [1.29, 1.82) is 0 Å². The lowest BCUT2D eigenvalue weighted by Crippen LogP contribution is -2.47. The highest BCUT2D eigenvalue weighted by Gasteiger charge is 2.20. The zero-order valence-corrected chi connectivity index (χ0v) is 12.9. The van der Waals surface area contributed by atoms with E-state index < -0.39 is 0 Å². The maximum absolute atomic E-state index is 11.5. The average molecular weight is 310 g/mol. The summed E-state index contributed by atoms with van der Waals surface area (Å²) in [5, 5.41) is 4.38. The fourth-order valence-electron chi connectivity index (χ4n) is 3.04. The summed E-state index contributed by atoms with van der Waals surface area (Å²) in [4.78, 5) is 23.4. The second kappa shape index (κ2) is 5.42. The molecule has 0 bridgehead atoms. The molecule has 1 saturated heterocycles. The van der Waals surface area contributed by atoms with Crippen molar-refractivity contribution in [2.45, 2.75) is 6.92 Å². The Balaban J connectivity index is 1.57. The minimum Gasteiger partial charge on any atom is -0.355 e. The molecule has 0 saturated carbocycles. The molecular formula is C16H18N6O. The molecule has 0 aliphatic carbocycles. The van der Waals surface area contributed by atoms with Crippen molar-refractivity contribution in [2.24, 2.45) is 0 Å². The zero-order chi connectivity index (χ0) is 15.8. The lowest BCUT2D eigenvalue weighted by atomic mass is 10.3. The molecule has 0 unspecified atom stereocenters. The smallest absolute Gasteiger partial charge is 0.249 e. The molecule has 4 rings (SSSR count). The summed E-state index contributed by atoms with van der Waals surface area (Å²) in [6.45, 7) is 5.44. The van der Waals surface area contributed by atoms with Crippen LogP contribution in [0.4, 0.5) is 11.6 Å². The van der Waals surface area contributed by atoms with Gasteiger partial charge in [-0.25, -0.2) is 4.98 Å². The third-order valence-electron chi connectivity index (χ3n) is 4.17. The van der Waals surface area contributed by atoms with E-state index in [9.17, 15) is 4.79 Å². The first kappa shape index (κ1) is 13.8. The van der Waals surface area contributed by atoms with Gasteiger partial charge in [0.15, 0.2) is 5.65 Å². The number of rotatable bonds is 2. The molecule has 0 amide bonds. The van der Waals surface area contributed by atoms with Crippen molar-refractivity contribution >= 4 is 17.3 Å². The monoisotopic (exact) mass is 310 g/mol. The van der Waals surface area contributed by atoms with Crippen LogP contribution in [0.3, 0.4) is 0 Å². The van der Waals surface area contributed by atoms with Gasteiger partial charge in [-0.05, 0) is 13.0 Å². The van der Waals surface area contributed by atoms with E-state index >= 15 is 0 Å². The van der Waals surface area contributed by atoms with Crippen LogP contribution in [0.2, 0.25) is 0 Å². The fraction of sp³-hybridized carbons (Fsp3) is 0.312. The van der Waals surface area contributed by atoms with Gasteiger partial charge in [0.25, 0.3) is 0 Å². The number of fused-ring (bicyclic) bond motifs is 1. The van der Waals surface area contributed by atoms with Gasteiger partial charge in [-0.2, -0.15) is 9.61 Å². The molecule has 0 spiro atoms. The van der Waals surface area contributed by atoms with Gasteiger partial charge in [-0.1, -0.05) is 6.07 Å². The molecule has 4 heterocycles. The Morgan fingerprint density at radius 3 is 2.65 bits per heavy atom. The standard InChI is InChI=1S/C16H18N6O/c1-12-11-16(22-14(18-12)5-6-17-22)21-9-7-20(8-10-21)13-3-2-4-15(23)19-13/h2-6,11H,7-10H2,1H3,(H,19,23). The third-order valence-corrected chi connectivity index (χ3v) is 4.17. The van der Waals surface area contributed by atoms with Crippen molar-refractivity contribution in [2.75, 3.05) is 36.0 Å². The molecule has 23 heavy (non-hydrogen) atoms. The molecule has 0 radical (unpaired) electrons. The molecular weight excluding hydrogens is 292 g/mol. The van der Waals surface area contributed by atoms with Gasteiger partial charge in [-0.3, -0.25) is 4.79 Å². The van der Waals surface area contributed by atoms with E-state index in [1.54, 1.807) is 12.3 Å². The Hall–Kier alpha value is -2.83. The van der Waals surface area contributed by atoms with Gasteiger partial charge < -0.3 is 14.8 Å². The van der Waals surface area contributed by atoms with E-state index in [0.29, 0.717) is 0 Å². The number of aromatic amines is 1. The molecule has 0 atom stereocenters. The first-order valence-electron chi connectivity index (χ1n) is 7.71. The van der Waals surface area contributed by atoms with E-state index in [-0.39, 0.29) is 5.56 Å². The van der Waals surface area contributed by atoms with Crippen LogP contribution in [0.15, 0.2) is 41.3 Å². The van der Waals surface area contributed by atoms with Gasteiger partial charge in [0, 0.05) is 50.1 Å².